The van der Waals surface area contributed by atoms with Gasteiger partial charge in [0, 0.05) is 12.4 Å². The largest absolute Gasteiger partial charge is 0.454 e. The maximum Gasteiger partial charge on any atom is 0.338 e. The van der Waals surface area contributed by atoms with E-state index in [-0.39, 0.29) is 12.4 Å². The zero-order valence-electron chi connectivity index (χ0n) is 11.2. The van der Waals surface area contributed by atoms with Crippen LogP contribution in [0.2, 0.25) is 0 Å². The van der Waals surface area contributed by atoms with E-state index in [9.17, 15) is 9.59 Å². The van der Waals surface area contributed by atoms with Gasteiger partial charge in [0.25, 0.3) is 0 Å². The van der Waals surface area contributed by atoms with Crippen LogP contribution in [0.15, 0.2) is 46.5 Å². The quantitative estimate of drug-likeness (QED) is 0.514. The van der Waals surface area contributed by atoms with Crippen LogP contribution in [0.3, 0.4) is 0 Å². The normalized spacial score (nSPS) is 10.6. The fraction of sp³-hybridized carbons (Fsp3) is 0.0667. The van der Waals surface area contributed by atoms with Gasteiger partial charge in [-0.15, -0.1) is 11.3 Å². The molecule has 7 heteroatoms. The van der Waals surface area contributed by atoms with Gasteiger partial charge in [0.05, 0.1) is 25.3 Å². The molecule has 0 aliphatic rings. The van der Waals surface area contributed by atoms with Crippen molar-refractivity contribution >= 4 is 50.1 Å². The molecular weight excluding hydrogens is 368 g/mol. The minimum atomic E-state index is -0.559. The second-order valence-electron chi connectivity index (χ2n) is 4.36. The number of benzene rings is 1. The molecule has 0 N–H and O–H groups in total. The molecule has 1 aromatic carbocycles. The zero-order chi connectivity index (χ0) is 15.5. The Balaban J connectivity index is 1.69. The van der Waals surface area contributed by atoms with Crippen LogP contribution < -0.4 is 0 Å². The number of carbonyl (C=O) groups is 2. The predicted molar refractivity (Wildman–Crippen MR) is 86.2 cm³/mol. The first kappa shape index (κ1) is 14.8. The van der Waals surface area contributed by atoms with Crippen LogP contribution in [0.1, 0.15) is 20.0 Å². The lowest BCUT2D eigenvalue weighted by Crippen LogP contribution is -2.13. The van der Waals surface area contributed by atoms with Gasteiger partial charge in [-0.25, -0.2) is 4.79 Å². The number of esters is 1. The maximum atomic E-state index is 12.0. The lowest BCUT2D eigenvalue weighted by atomic mass is 10.2. The Morgan fingerprint density at radius 2 is 1.86 bits per heavy atom. The summed E-state index contributed by atoms with van der Waals surface area (Å²) >= 11 is 4.59. The minimum Gasteiger partial charge on any atom is -0.454 e. The number of fused-ring (bicyclic) bond motifs is 1. The molecule has 3 rings (SSSR count). The summed E-state index contributed by atoms with van der Waals surface area (Å²) in [6.45, 7) is -0.287. The number of rotatable bonds is 4. The van der Waals surface area contributed by atoms with Crippen molar-refractivity contribution in [1.29, 1.82) is 0 Å². The van der Waals surface area contributed by atoms with Gasteiger partial charge in [-0.1, -0.05) is 0 Å². The van der Waals surface area contributed by atoms with Crippen molar-refractivity contribution < 1.29 is 14.3 Å². The van der Waals surface area contributed by atoms with E-state index >= 15 is 0 Å². The van der Waals surface area contributed by atoms with E-state index in [2.05, 4.69) is 25.9 Å². The highest BCUT2D eigenvalue weighted by atomic mass is 79.9. The first-order chi connectivity index (χ1) is 10.6. The number of aromatic nitrogens is 2. The monoisotopic (exact) mass is 376 g/mol. The molecule has 3 aromatic rings. The number of hydrogen-bond acceptors (Lipinski definition) is 6. The maximum absolute atomic E-state index is 12.0. The fourth-order valence-corrected chi connectivity index (χ4v) is 3.15. The number of nitrogens with zero attached hydrogens (tertiary/aromatic N) is 2. The van der Waals surface area contributed by atoms with Crippen LogP contribution in [-0.2, 0) is 4.74 Å². The standard InChI is InChI=1S/C15H9BrN2O3S/c16-14-4-3-13(22-14)12(19)8-21-15(20)9-1-2-10-11(7-9)18-6-5-17-10/h1-7H,8H2. The van der Waals surface area contributed by atoms with Crippen LogP contribution in [-0.4, -0.2) is 28.3 Å². The summed E-state index contributed by atoms with van der Waals surface area (Å²) in [5.74, 6) is -0.791. The number of thiophene rings is 1. The van der Waals surface area contributed by atoms with Gasteiger partial charge in [0.15, 0.2) is 6.61 Å². The van der Waals surface area contributed by atoms with E-state index in [4.69, 9.17) is 4.74 Å². The topological polar surface area (TPSA) is 69.2 Å². The van der Waals surface area contributed by atoms with Crippen molar-refractivity contribution in [2.45, 2.75) is 0 Å². The molecule has 0 amide bonds. The summed E-state index contributed by atoms with van der Waals surface area (Å²) in [5, 5.41) is 0. The molecule has 0 unspecified atom stereocenters. The average molecular weight is 377 g/mol. The first-order valence-electron chi connectivity index (χ1n) is 6.30. The number of Topliss-reactive ketones (excluding diaryl/α,β-unsaturated/α-hetero) is 1. The lowest BCUT2D eigenvalue weighted by molar-refractivity contribution is 0.0476. The third-order valence-electron chi connectivity index (χ3n) is 2.89. The summed E-state index contributed by atoms with van der Waals surface area (Å²) in [5.41, 5.74) is 1.64. The van der Waals surface area contributed by atoms with Crippen molar-refractivity contribution in [3.8, 4) is 0 Å². The summed E-state index contributed by atoms with van der Waals surface area (Å²) in [6.07, 6.45) is 3.13. The highest BCUT2D eigenvalue weighted by Crippen LogP contribution is 2.22. The Kier molecular flexibility index (Phi) is 4.26. The molecule has 0 saturated carbocycles. The molecular formula is C15H9BrN2O3S. The Labute approximate surface area is 138 Å². The molecule has 2 heterocycles. The van der Waals surface area contributed by atoms with Gasteiger partial charge in [-0.3, -0.25) is 14.8 Å². The number of carbonyl (C=O) groups excluding carboxylic acids is 2. The van der Waals surface area contributed by atoms with Gasteiger partial charge in [0.1, 0.15) is 0 Å². The van der Waals surface area contributed by atoms with Crippen LogP contribution >= 0.6 is 27.3 Å². The number of ketones is 1. The number of halogens is 1. The Morgan fingerprint density at radius 3 is 2.59 bits per heavy atom. The molecule has 0 aliphatic heterocycles. The Hall–Kier alpha value is -2.12. The zero-order valence-corrected chi connectivity index (χ0v) is 13.6. The molecule has 5 nitrogen and oxygen atoms in total. The number of ether oxygens (including phenoxy) is 1. The Morgan fingerprint density at radius 1 is 1.09 bits per heavy atom. The minimum absolute atomic E-state index is 0.232. The van der Waals surface area contributed by atoms with Crippen LogP contribution in [0.5, 0.6) is 0 Å². The van der Waals surface area contributed by atoms with Gasteiger partial charge < -0.3 is 4.74 Å². The van der Waals surface area contributed by atoms with Crippen molar-refractivity contribution in [2.75, 3.05) is 6.61 Å². The molecule has 2 aromatic heterocycles. The summed E-state index contributed by atoms with van der Waals surface area (Å²) in [4.78, 5) is 32.7. The molecule has 0 radical (unpaired) electrons. The van der Waals surface area contributed by atoms with Gasteiger partial charge in [-0.2, -0.15) is 0 Å². The second-order valence-corrected chi connectivity index (χ2v) is 6.83. The molecule has 0 spiro atoms. The van der Waals surface area contributed by atoms with Crippen molar-refractivity contribution in [2.24, 2.45) is 0 Å². The Bertz CT molecular complexity index is 863. The summed E-state index contributed by atoms with van der Waals surface area (Å²) in [6, 6.07) is 8.36. The van der Waals surface area contributed by atoms with Gasteiger partial charge >= 0.3 is 5.97 Å². The molecule has 22 heavy (non-hydrogen) atoms. The van der Waals surface area contributed by atoms with Crippen molar-refractivity contribution in [3.63, 3.8) is 0 Å². The highest BCUT2D eigenvalue weighted by Gasteiger charge is 2.14. The van der Waals surface area contributed by atoms with Gasteiger partial charge in [0.2, 0.25) is 5.78 Å². The molecule has 0 aliphatic carbocycles. The summed E-state index contributed by atoms with van der Waals surface area (Å²) in [7, 11) is 0. The highest BCUT2D eigenvalue weighted by molar-refractivity contribution is 9.11. The number of hydrogen-bond donors (Lipinski definition) is 0. The third-order valence-corrected chi connectivity index (χ3v) is 4.55. The molecule has 0 bridgehead atoms. The van der Waals surface area contributed by atoms with E-state index in [1.54, 1.807) is 42.7 Å². The van der Waals surface area contributed by atoms with E-state index in [1.165, 1.54) is 11.3 Å². The molecule has 0 fully saturated rings. The average Bonchev–Trinajstić information content (AvgIpc) is 2.98. The van der Waals surface area contributed by atoms with Crippen LogP contribution in [0.4, 0.5) is 0 Å². The molecule has 0 saturated heterocycles. The van der Waals surface area contributed by atoms with Crippen molar-refractivity contribution in [1.82, 2.24) is 9.97 Å². The third kappa shape index (κ3) is 3.20. The van der Waals surface area contributed by atoms with Crippen LogP contribution in [0, 0.1) is 0 Å². The fourth-order valence-electron chi connectivity index (χ4n) is 1.84. The predicted octanol–water partition coefficient (Wildman–Crippen LogP) is 3.49. The van der Waals surface area contributed by atoms with E-state index in [0.717, 1.165) is 3.79 Å². The van der Waals surface area contributed by atoms with E-state index in [0.29, 0.717) is 21.5 Å². The van der Waals surface area contributed by atoms with Gasteiger partial charge in [-0.05, 0) is 46.3 Å². The van der Waals surface area contributed by atoms with E-state index in [1.807, 2.05) is 0 Å². The first-order valence-corrected chi connectivity index (χ1v) is 7.91. The van der Waals surface area contributed by atoms with Crippen molar-refractivity contribution in [3.05, 3.63) is 57.0 Å². The lowest BCUT2D eigenvalue weighted by Gasteiger charge is -2.04. The summed E-state index contributed by atoms with van der Waals surface area (Å²) < 4.78 is 5.91. The van der Waals surface area contributed by atoms with Crippen LogP contribution in [0.25, 0.3) is 11.0 Å². The SMILES string of the molecule is O=C(OCC(=O)c1ccc(Br)s1)c1ccc2nccnc2c1. The van der Waals surface area contributed by atoms with E-state index < -0.39 is 5.97 Å². The molecule has 0 atom stereocenters. The second kappa shape index (κ2) is 6.33. The smallest absolute Gasteiger partial charge is 0.338 e. The molecule has 110 valence electrons.